The predicted octanol–water partition coefficient (Wildman–Crippen LogP) is 4.53. The number of aromatic nitrogens is 1. The van der Waals surface area contributed by atoms with Gasteiger partial charge in [-0.05, 0) is 48.9 Å². The van der Waals surface area contributed by atoms with Crippen LogP contribution in [0.1, 0.15) is 17.0 Å². The number of aryl methyl sites for hydroxylation is 1. The van der Waals surface area contributed by atoms with Gasteiger partial charge in [-0.15, -0.1) is 0 Å². The van der Waals surface area contributed by atoms with Gasteiger partial charge in [-0.1, -0.05) is 48.5 Å². The lowest BCUT2D eigenvalue weighted by atomic mass is 10.1. The molecular formula is C27H25N3O4. The molecule has 7 nitrogen and oxygen atoms in total. The van der Waals surface area contributed by atoms with Crippen LogP contribution in [0.25, 0.3) is 11.5 Å². The number of rotatable bonds is 9. The smallest absolute Gasteiger partial charge is 0.258 e. The molecule has 0 radical (unpaired) electrons. The van der Waals surface area contributed by atoms with Crippen LogP contribution in [0.3, 0.4) is 0 Å². The number of ether oxygens (including phenoxy) is 1. The Morgan fingerprint density at radius 3 is 2.26 bits per heavy atom. The first-order chi connectivity index (χ1) is 16.6. The van der Waals surface area contributed by atoms with Crippen LogP contribution < -0.4 is 15.4 Å². The molecule has 0 saturated carbocycles. The fourth-order valence-corrected chi connectivity index (χ4v) is 3.30. The number of benzene rings is 3. The van der Waals surface area contributed by atoms with Gasteiger partial charge in [-0.25, -0.2) is 4.98 Å². The Balaban J connectivity index is 1.29. The van der Waals surface area contributed by atoms with Crippen LogP contribution in [0.15, 0.2) is 89.3 Å². The number of para-hydroxylation sites is 1. The Bertz CT molecular complexity index is 1240. The molecule has 7 heteroatoms. The minimum atomic E-state index is -0.247. The van der Waals surface area contributed by atoms with Crippen LogP contribution in [-0.4, -0.2) is 23.4 Å². The highest BCUT2D eigenvalue weighted by Crippen LogP contribution is 2.23. The summed E-state index contributed by atoms with van der Waals surface area (Å²) in [4.78, 5) is 28.9. The van der Waals surface area contributed by atoms with Crippen LogP contribution in [-0.2, 0) is 22.6 Å². The zero-order valence-electron chi connectivity index (χ0n) is 18.8. The first kappa shape index (κ1) is 22.8. The van der Waals surface area contributed by atoms with E-state index in [1.165, 1.54) is 0 Å². The summed E-state index contributed by atoms with van der Waals surface area (Å²) in [5.41, 5.74) is 3.06. The number of nitrogens with one attached hydrogen (secondary N) is 2. The highest BCUT2D eigenvalue weighted by Gasteiger charge is 2.13. The van der Waals surface area contributed by atoms with E-state index in [1.54, 1.807) is 31.2 Å². The standard InChI is InChI=1S/C27H25N3O4/c1-19-24(17-28-26(32)18-33-23-10-6-3-7-11-23)30-27(34-19)21-12-14-22(15-13-21)29-25(31)16-20-8-4-2-5-9-20/h2-15H,16-18H2,1H3,(H,28,32)(H,29,31). The SMILES string of the molecule is Cc1oc(-c2ccc(NC(=O)Cc3ccccc3)cc2)nc1CNC(=O)COc1ccccc1. The minimum absolute atomic E-state index is 0.0782. The zero-order valence-corrected chi connectivity index (χ0v) is 18.8. The maximum Gasteiger partial charge on any atom is 0.258 e. The van der Waals surface area contributed by atoms with Crippen LogP contribution in [0, 0.1) is 6.92 Å². The van der Waals surface area contributed by atoms with Crippen molar-refractivity contribution in [1.29, 1.82) is 0 Å². The highest BCUT2D eigenvalue weighted by atomic mass is 16.5. The summed E-state index contributed by atoms with van der Waals surface area (Å²) in [6.45, 7) is 1.96. The molecular weight excluding hydrogens is 430 g/mol. The third-order valence-electron chi connectivity index (χ3n) is 5.08. The Morgan fingerprint density at radius 1 is 0.882 bits per heavy atom. The number of hydrogen-bond acceptors (Lipinski definition) is 5. The second-order valence-corrected chi connectivity index (χ2v) is 7.69. The van der Waals surface area contributed by atoms with Gasteiger partial charge >= 0.3 is 0 Å². The summed E-state index contributed by atoms with van der Waals surface area (Å²) < 4.78 is 11.2. The second kappa shape index (κ2) is 11.0. The van der Waals surface area contributed by atoms with Crippen molar-refractivity contribution >= 4 is 17.5 Å². The van der Waals surface area contributed by atoms with Gasteiger partial charge in [0, 0.05) is 11.3 Å². The van der Waals surface area contributed by atoms with Gasteiger partial charge in [0.25, 0.3) is 5.91 Å². The van der Waals surface area contributed by atoms with Gasteiger partial charge in [0.15, 0.2) is 6.61 Å². The molecule has 0 spiro atoms. The van der Waals surface area contributed by atoms with Crippen molar-refractivity contribution in [1.82, 2.24) is 10.3 Å². The normalized spacial score (nSPS) is 10.5. The predicted molar refractivity (Wildman–Crippen MR) is 129 cm³/mol. The van der Waals surface area contributed by atoms with Gasteiger partial charge in [-0.2, -0.15) is 0 Å². The van der Waals surface area contributed by atoms with Gasteiger partial charge in [-0.3, -0.25) is 9.59 Å². The number of amides is 2. The van der Waals surface area contributed by atoms with Crippen molar-refractivity contribution in [2.24, 2.45) is 0 Å². The van der Waals surface area contributed by atoms with Crippen LogP contribution in [0.4, 0.5) is 5.69 Å². The lowest BCUT2D eigenvalue weighted by Crippen LogP contribution is -2.28. The largest absolute Gasteiger partial charge is 0.484 e. The first-order valence-corrected chi connectivity index (χ1v) is 10.9. The molecule has 1 aromatic heterocycles. The van der Waals surface area contributed by atoms with E-state index >= 15 is 0 Å². The molecule has 0 saturated heterocycles. The molecule has 172 valence electrons. The molecule has 0 bridgehead atoms. The Kier molecular flexibility index (Phi) is 7.35. The zero-order chi connectivity index (χ0) is 23.8. The van der Waals surface area contributed by atoms with Crippen LogP contribution in [0.2, 0.25) is 0 Å². The molecule has 3 aromatic carbocycles. The molecule has 0 fully saturated rings. The Morgan fingerprint density at radius 2 is 1.56 bits per heavy atom. The van der Waals surface area contributed by atoms with Crippen molar-refractivity contribution < 1.29 is 18.7 Å². The number of carbonyl (C=O) groups excluding carboxylic acids is 2. The van der Waals surface area contributed by atoms with E-state index in [9.17, 15) is 9.59 Å². The van der Waals surface area contributed by atoms with Gasteiger partial charge < -0.3 is 19.8 Å². The lowest BCUT2D eigenvalue weighted by molar-refractivity contribution is -0.123. The number of nitrogens with zero attached hydrogens (tertiary/aromatic N) is 1. The number of carbonyl (C=O) groups is 2. The van der Waals surface area contributed by atoms with Crippen molar-refractivity contribution in [2.75, 3.05) is 11.9 Å². The molecule has 1 heterocycles. The Hall–Kier alpha value is -4.39. The van der Waals surface area contributed by atoms with Crippen molar-refractivity contribution in [3.63, 3.8) is 0 Å². The molecule has 0 aliphatic carbocycles. The van der Waals surface area contributed by atoms with E-state index in [2.05, 4.69) is 15.6 Å². The summed E-state index contributed by atoms with van der Waals surface area (Å²) in [7, 11) is 0. The monoisotopic (exact) mass is 455 g/mol. The van der Waals surface area contributed by atoms with Crippen molar-refractivity contribution in [2.45, 2.75) is 19.9 Å². The highest BCUT2D eigenvalue weighted by molar-refractivity contribution is 5.92. The summed E-state index contributed by atoms with van der Waals surface area (Å²) in [5.74, 6) is 1.38. The topological polar surface area (TPSA) is 93.5 Å². The summed E-state index contributed by atoms with van der Waals surface area (Å²) >= 11 is 0. The maximum absolute atomic E-state index is 12.3. The summed E-state index contributed by atoms with van der Waals surface area (Å²) in [6.07, 6.45) is 0.312. The molecule has 0 atom stereocenters. The van der Waals surface area contributed by atoms with E-state index in [1.807, 2.05) is 60.7 Å². The molecule has 0 aliphatic heterocycles. The Labute approximate surface area is 197 Å². The molecule has 2 amide bonds. The van der Waals surface area contributed by atoms with E-state index < -0.39 is 0 Å². The molecule has 4 aromatic rings. The fourth-order valence-electron chi connectivity index (χ4n) is 3.30. The van der Waals surface area contributed by atoms with Gasteiger partial charge in [0.2, 0.25) is 11.8 Å². The number of oxazole rings is 1. The molecule has 4 rings (SSSR count). The van der Waals surface area contributed by atoms with Crippen molar-refractivity contribution in [3.8, 4) is 17.2 Å². The van der Waals surface area contributed by atoms with E-state index in [0.29, 0.717) is 35.2 Å². The van der Waals surface area contributed by atoms with E-state index in [4.69, 9.17) is 9.15 Å². The summed E-state index contributed by atoms with van der Waals surface area (Å²) in [5, 5.41) is 5.68. The van der Waals surface area contributed by atoms with Crippen LogP contribution >= 0.6 is 0 Å². The van der Waals surface area contributed by atoms with Gasteiger partial charge in [0.1, 0.15) is 17.2 Å². The molecule has 2 N–H and O–H groups in total. The number of anilines is 1. The molecule has 0 unspecified atom stereocenters. The van der Waals surface area contributed by atoms with Crippen molar-refractivity contribution in [3.05, 3.63) is 102 Å². The second-order valence-electron chi connectivity index (χ2n) is 7.69. The minimum Gasteiger partial charge on any atom is -0.484 e. The molecule has 0 aliphatic rings. The average Bonchev–Trinajstić information content (AvgIpc) is 3.23. The first-order valence-electron chi connectivity index (χ1n) is 10.9. The fraction of sp³-hybridized carbons (Fsp3) is 0.148. The third-order valence-corrected chi connectivity index (χ3v) is 5.08. The summed E-state index contributed by atoms with van der Waals surface area (Å²) in [6, 6.07) is 26.0. The maximum atomic E-state index is 12.3. The van der Waals surface area contributed by atoms with E-state index in [0.717, 1.165) is 11.1 Å². The van der Waals surface area contributed by atoms with Crippen LogP contribution in [0.5, 0.6) is 5.75 Å². The van der Waals surface area contributed by atoms with Gasteiger partial charge in [0.05, 0.1) is 13.0 Å². The quantitative estimate of drug-likeness (QED) is 0.387. The van der Waals surface area contributed by atoms with E-state index in [-0.39, 0.29) is 25.0 Å². The number of hydrogen-bond donors (Lipinski definition) is 2. The third kappa shape index (κ3) is 6.32. The molecule has 34 heavy (non-hydrogen) atoms. The average molecular weight is 456 g/mol. The lowest BCUT2D eigenvalue weighted by Gasteiger charge is -2.06.